The molecule has 1 aromatic carbocycles. The SMILES string of the molecule is CCc1ccc(CN(C)C(=O)Cc2cn3ccsc3n2)cc1. The van der Waals surface area contributed by atoms with Gasteiger partial charge in [0, 0.05) is 31.4 Å². The van der Waals surface area contributed by atoms with Gasteiger partial charge in [0.15, 0.2) is 4.96 Å². The van der Waals surface area contributed by atoms with E-state index >= 15 is 0 Å². The van der Waals surface area contributed by atoms with Crippen molar-refractivity contribution in [2.24, 2.45) is 0 Å². The molecule has 4 nitrogen and oxygen atoms in total. The number of imidazole rings is 1. The first-order chi connectivity index (χ1) is 10.7. The predicted octanol–water partition coefficient (Wildman–Crippen LogP) is 3.16. The number of thiazole rings is 1. The van der Waals surface area contributed by atoms with Crippen molar-refractivity contribution in [1.82, 2.24) is 14.3 Å². The molecule has 1 amide bonds. The van der Waals surface area contributed by atoms with Crippen LogP contribution in [0.2, 0.25) is 0 Å². The minimum Gasteiger partial charge on any atom is -0.341 e. The average molecular weight is 313 g/mol. The van der Waals surface area contributed by atoms with E-state index < -0.39 is 0 Å². The molecule has 114 valence electrons. The standard InChI is InChI=1S/C17H19N3OS/c1-3-13-4-6-14(7-5-13)11-19(2)16(21)10-15-12-20-8-9-22-17(20)18-15/h4-9,12H,3,10-11H2,1-2H3. The normalized spacial score (nSPS) is 11.0. The fraction of sp³-hybridized carbons (Fsp3) is 0.294. The summed E-state index contributed by atoms with van der Waals surface area (Å²) in [5.41, 5.74) is 3.29. The van der Waals surface area contributed by atoms with Crippen molar-refractivity contribution < 1.29 is 4.79 Å². The number of aryl methyl sites for hydroxylation is 1. The number of carbonyl (C=O) groups excluding carboxylic acids is 1. The quantitative estimate of drug-likeness (QED) is 0.725. The number of hydrogen-bond donors (Lipinski definition) is 0. The van der Waals surface area contributed by atoms with Gasteiger partial charge in [-0.3, -0.25) is 9.20 Å². The van der Waals surface area contributed by atoms with Crippen LogP contribution in [0.4, 0.5) is 0 Å². The first-order valence-corrected chi connectivity index (χ1v) is 8.26. The maximum atomic E-state index is 12.3. The molecule has 0 atom stereocenters. The Morgan fingerprint density at radius 3 is 2.68 bits per heavy atom. The van der Waals surface area contributed by atoms with E-state index in [0.29, 0.717) is 13.0 Å². The monoisotopic (exact) mass is 313 g/mol. The summed E-state index contributed by atoms with van der Waals surface area (Å²) in [6.45, 7) is 2.77. The Kier molecular flexibility index (Phi) is 4.24. The molecule has 2 aromatic heterocycles. The van der Waals surface area contributed by atoms with Gasteiger partial charge in [-0.2, -0.15) is 0 Å². The van der Waals surface area contributed by atoms with E-state index in [0.717, 1.165) is 22.6 Å². The molecular weight excluding hydrogens is 294 g/mol. The van der Waals surface area contributed by atoms with E-state index in [1.165, 1.54) is 5.56 Å². The van der Waals surface area contributed by atoms with Gasteiger partial charge in [-0.1, -0.05) is 31.2 Å². The van der Waals surface area contributed by atoms with E-state index in [4.69, 9.17) is 0 Å². The second-order valence-electron chi connectivity index (χ2n) is 5.42. The molecule has 0 bridgehead atoms. The molecule has 22 heavy (non-hydrogen) atoms. The Hall–Kier alpha value is -2.14. The molecule has 0 N–H and O–H groups in total. The number of benzene rings is 1. The smallest absolute Gasteiger partial charge is 0.228 e. The van der Waals surface area contributed by atoms with Crippen LogP contribution in [-0.4, -0.2) is 27.2 Å². The highest BCUT2D eigenvalue weighted by Gasteiger charge is 2.13. The van der Waals surface area contributed by atoms with Crippen molar-refractivity contribution in [1.29, 1.82) is 0 Å². The van der Waals surface area contributed by atoms with Gasteiger partial charge in [-0.05, 0) is 17.5 Å². The molecular formula is C17H19N3OS. The maximum Gasteiger partial charge on any atom is 0.228 e. The zero-order chi connectivity index (χ0) is 15.5. The largest absolute Gasteiger partial charge is 0.341 e. The van der Waals surface area contributed by atoms with Crippen LogP contribution in [0.3, 0.4) is 0 Å². The summed E-state index contributed by atoms with van der Waals surface area (Å²) in [5.74, 6) is 0.0883. The summed E-state index contributed by atoms with van der Waals surface area (Å²) in [7, 11) is 1.84. The van der Waals surface area contributed by atoms with Gasteiger partial charge in [-0.25, -0.2) is 4.98 Å². The molecule has 3 aromatic rings. The number of rotatable bonds is 5. The third-order valence-electron chi connectivity index (χ3n) is 3.75. The van der Waals surface area contributed by atoms with E-state index in [1.54, 1.807) is 16.2 Å². The average Bonchev–Trinajstić information content (AvgIpc) is 3.09. The molecule has 0 aliphatic carbocycles. The zero-order valence-corrected chi connectivity index (χ0v) is 13.6. The van der Waals surface area contributed by atoms with Crippen LogP contribution in [0.1, 0.15) is 23.7 Å². The van der Waals surface area contributed by atoms with Crippen molar-refractivity contribution in [3.63, 3.8) is 0 Å². The van der Waals surface area contributed by atoms with E-state index in [1.807, 2.05) is 29.2 Å². The number of carbonyl (C=O) groups is 1. The van der Waals surface area contributed by atoms with Gasteiger partial charge < -0.3 is 4.90 Å². The zero-order valence-electron chi connectivity index (χ0n) is 12.8. The minimum atomic E-state index is 0.0883. The van der Waals surface area contributed by atoms with Crippen LogP contribution >= 0.6 is 11.3 Å². The van der Waals surface area contributed by atoms with Crippen molar-refractivity contribution in [2.45, 2.75) is 26.3 Å². The van der Waals surface area contributed by atoms with E-state index in [-0.39, 0.29) is 5.91 Å². The number of fused-ring (bicyclic) bond motifs is 1. The third-order valence-corrected chi connectivity index (χ3v) is 4.52. The van der Waals surface area contributed by atoms with Crippen LogP contribution in [0.15, 0.2) is 42.0 Å². The summed E-state index contributed by atoms with van der Waals surface area (Å²) in [4.78, 5) is 19.5. The second-order valence-corrected chi connectivity index (χ2v) is 6.29. The molecule has 0 radical (unpaired) electrons. The van der Waals surface area contributed by atoms with Crippen LogP contribution in [-0.2, 0) is 24.2 Å². The Balaban J connectivity index is 1.62. The van der Waals surface area contributed by atoms with Gasteiger partial charge >= 0.3 is 0 Å². The van der Waals surface area contributed by atoms with Crippen LogP contribution < -0.4 is 0 Å². The molecule has 0 spiro atoms. The molecule has 3 rings (SSSR count). The summed E-state index contributed by atoms with van der Waals surface area (Å²) >= 11 is 1.58. The Labute approximate surface area is 134 Å². The second kappa shape index (κ2) is 6.32. The maximum absolute atomic E-state index is 12.3. The first kappa shape index (κ1) is 14.8. The van der Waals surface area contributed by atoms with Crippen molar-refractivity contribution in [3.8, 4) is 0 Å². The van der Waals surface area contributed by atoms with E-state index in [9.17, 15) is 4.79 Å². The highest BCUT2D eigenvalue weighted by Crippen LogP contribution is 2.13. The Bertz CT molecular complexity index is 744. The number of amides is 1. The topological polar surface area (TPSA) is 37.6 Å². The van der Waals surface area contributed by atoms with Gasteiger partial charge in [0.1, 0.15) is 0 Å². The van der Waals surface area contributed by atoms with Gasteiger partial charge in [0.2, 0.25) is 5.91 Å². The first-order valence-electron chi connectivity index (χ1n) is 7.38. The molecule has 0 unspecified atom stereocenters. The fourth-order valence-electron chi connectivity index (χ4n) is 2.39. The van der Waals surface area contributed by atoms with Gasteiger partial charge in [-0.15, -0.1) is 11.3 Å². The lowest BCUT2D eigenvalue weighted by atomic mass is 10.1. The summed E-state index contributed by atoms with van der Waals surface area (Å²) in [6.07, 6.45) is 5.26. The van der Waals surface area contributed by atoms with Gasteiger partial charge in [0.25, 0.3) is 0 Å². The Morgan fingerprint density at radius 1 is 1.27 bits per heavy atom. The highest BCUT2D eigenvalue weighted by molar-refractivity contribution is 7.15. The lowest BCUT2D eigenvalue weighted by Crippen LogP contribution is -2.27. The lowest BCUT2D eigenvalue weighted by molar-refractivity contribution is -0.129. The summed E-state index contributed by atoms with van der Waals surface area (Å²) in [6, 6.07) is 8.43. The molecule has 0 aliphatic rings. The summed E-state index contributed by atoms with van der Waals surface area (Å²) in [5, 5.41) is 1.99. The number of hydrogen-bond acceptors (Lipinski definition) is 3. The molecule has 0 fully saturated rings. The Morgan fingerprint density at radius 2 is 2.00 bits per heavy atom. The van der Waals surface area contributed by atoms with Crippen molar-refractivity contribution in [3.05, 3.63) is 58.9 Å². The predicted molar refractivity (Wildman–Crippen MR) is 89.1 cm³/mol. The highest BCUT2D eigenvalue weighted by atomic mass is 32.1. The molecule has 0 aliphatic heterocycles. The molecule has 0 saturated carbocycles. The number of likely N-dealkylation sites (N-methyl/N-ethyl adjacent to an activating group) is 1. The van der Waals surface area contributed by atoms with Crippen LogP contribution in [0.5, 0.6) is 0 Å². The molecule has 0 saturated heterocycles. The fourth-order valence-corrected chi connectivity index (χ4v) is 3.11. The van der Waals surface area contributed by atoms with Crippen molar-refractivity contribution in [2.75, 3.05) is 7.05 Å². The van der Waals surface area contributed by atoms with Crippen LogP contribution in [0, 0.1) is 0 Å². The van der Waals surface area contributed by atoms with Crippen molar-refractivity contribution >= 4 is 22.2 Å². The number of nitrogens with zero attached hydrogens (tertiary/aromatic N) is 3. The van der Waals surface area contributed by atoms with Gasteiger partial charge in [0.05, 0.1) is 12.1 Å². The molecule has 5 heteroatoms. The summed E-state index contributed by atoms with van der Waals surface area (Å²) < 4.78 is 1.96. The molecule has 2 heterocycles. The number of aromatic nitrogens is 2. The van der Waals surface area contributed by atoms with Crippen LogP contribution in [0.25, 0.3) is 4.96 Å². The third kappa shape index (κ3) is 3.20. The minimum absolute atomic E-state index is 0.0883. The van der Waals surface area contributed by atoms with E-state index in [2.05, 4.69) is 36.2 Å². The lowest BCUT2D eigenvalue weighted by Gasteiger charge is -2.17.